The van der Waals surface area contributed by atoms with Crippen molar-refractivity contribution in [2.45, 2.75) is 104 Å². The zero-order chi connectivity index (χ0) is 34.5. The zero-order valence-corrected chi connectivity index (χ0v) is 29.8. The van der Waals surface area contributed by atoms with Crippen molar-refractivity contribution < 1.29 is 20.1 Å². The SMILES string of the molecule is C=CCOc1c2cccc1Cc1cc(C(C)(C)C)cc(c1O)Cc1cc(C(C)(C)C)cc(c1O)Cc1cc(C(C)(C)C)cc(c1O)C2. The Bertz CT molecular complexity index is 1710. The Morgan fingerprint density at radius 2 is 0.809 bits per heavy atom. The highest BCUT2D eigenvalue weighted by Gasteiger charge is 2.26. The van der Waals surface area contributed by atoms with E-state index in [1.165, 1.54) is 0 Å². The topological polar surface area (TPSA) is 69.9 Å². The number of hydrogen-bond acceptors (Lipinski definition) is 4. The summed E-state index contributed by atoms with van der Waals surface area (Å²) in [6, 6.07) is 18.7. The fourth-order valence-corrected chi connectivity index (χ4v) is 6.45. The minimum atomic E-state index is -0.177. The minimum absolute atomic E-state index is 0.159. The predicted molar refractivity (Wildman–Crippen MR) is 194 cm³/mol. The molecule has 0 unspecified atom stereocenters. The van der Waals surface area contributed by atoms with Gasteiger partial charge in [-0.1, -0.05) is 130 Å². The maximum absolute atomic E-state index is 11.9. The second kappa shape index (κ2) is 12.4. The predicted octanol–water partition coefficient (Wildman–Crippen LogP) is 9.94. The van der Waals surface area contributed by atoms with Gasteiger partial charge in [-0.25, -0.2) is 0 Å². The Morgan fingerprint density at radius 3 is 1.06 bits per heavy atom. The van der Waals surface area contributed by atoms with Gasteiger partial charge < -0.3 is 20.1 Å². The average Bonchev–Trinajstić information content (AvgIpc) is 2.96. The molecular formula is C43H52O4. The van der Waals surface area contributed by atoms with Gasteiger partial charge in [-0.05, 0) is 77.4 Å². The molecule has 5 rings (SSSR count). The summed E-state index contributed by atoms with van der Waals surface area (Å²) >= 11 is 0. The summed E-state index contributed by atoms with van der Waals surface area (Å²) in [5, 5.41) is 35.6. The Kier molecular flexibility index (Phi) is 9.05. The number of aromatic hydroxyl groups is 3. The molecule has 0 atom stereocenters. The van der Waals surface area contributed by atoms with E-state index in [9.17, 15) is 15.3 Å². The van der Waals surface area contributed by atoms with E-state index in [-0.39, 0.29) is 33.5 Å². The fraction of sp³-hybridized carbons (Fsp3) is 0.395. The lowest BCUT2D eigenvalue weighted by atomic mass is 9.80. The molecule has 1 aliphatic carbocycles. The van der Waals surface area contributed by atoms with Crippen molar-refractivity contribution in [3.05, 3.63) is 128 Å². The van der Waals surface area contributed by atoms with Crippen LogP contribution >= 0.6 is 0 Å². The number of benzene rings is 4. The van der Waals surface area contributed by atoms with E-state index in [1.807, 2.05) is 6.07 Å². The zero-order valence-electron chi connectivity index (χ0n) is 29.8. The standard InChI is InChI=1S/C43H52O4/c1-11-15-47-40-26-13-12-14-27(40)17-29-21-35(42(5,6)7)23-31(38(29)45)19-33-25-36(43(8,9)10)24-32(39(33)46)18-30-22-34(41(2,3)4)20-28(16-26)37(30)44/h11-14,20-25,44-46H,1,15-19H2,2-10H3. The maximum atomic E-state index is 11.9. The first kappa shape index (κ1) is 34.2. The molecule has 0 heterocycles. The molecule has 47 heavy (non-hydrogen) atoms. The van der Waals surface area contributed by atoms with E-state index in [1.54, 1.807) is 6.08 Å². The highest BCUT2D eigenvalue weighted by Crippen LogP contribution is 2.42. The number of rotatable bonds is 3. The number of phenolic OH excluding ortho intramolecular Hbond substituents is 3. The van der Waals surface area contributed by atoms with E-state index in [0.717, 1.165) is 66.9 Å². The lowest BCUT2D eigenvalue weighted by Crippen LogP contribution is -2.15. The largest absolute Gasteiger partial charge is 0.507 e. The lowest BCUT2D eigenvalue weighted by molar-refractivity contribution is 0.356. The highest BCUT2D eigenvalue weighted by atomic mass is 16.5. The summed E-state index contributed by atoms with van der Waals surface area (Å²) in [7, 11) is 0. The molecule has 4 aromatic rings. The van der Waals surface area contributed by atoms with E-state index >= 15 is 0 Å². The van der Waals surface area contributed by atoms with Gasteiger partial charge in [0.1, 0.15) is 29.6 Å². The number of ether oxygens (including phenoxy) is 1. The molecule has 4 heteroatoms. The van der Waals surface area contributed by atoms with E-state index in [2.05, 4.69) is 117 Å². The van der Waals surface area contributed by atoms with Crippen LogP contribution in [0.2, 0.25) is 0 Å². The highest BCUT2D eigenvalue weighted by molar-refractivity contribution is 5.58. The molecule has 0 aromatic heterocycles. The molecular weight excluding hydrogens is 580 g/mol. The van der Waals surface area contributed by atoms with Gasteiger partial charge in [0.15, 0.2) is 0 Å². The van der Waals surface area contributed by atoms with Gasteiger partial charge in [-0.2, -0.15) is 0 Å². The van der Waals surface area contributed by atoms with Crippen LogP contribution in [0.25, 0.3) is 0 Å². The molecule has 3 N–H and O–H groups in total. The van der Waals surface area contributed by atoms with Crippen molar-refractivity contribution in [1.82, 2.24) is 0 Å². The molecule has 8 bridgehead atoms. The maximum Gasteiger partial charge on any atom is 0.126 e. The molecule has 0 saturated carbocycles. The van der Waals surface area contributed by atoms with Gasteiger partial charge in [-0.3, -0.25) is 0 Å². The van der Waals surface area contributed by atoms with Gasteiger partial charge >= 0.3 is 0 Å². The van der Waals surface area contributed by atoms with E-state index < -0.39 is 0 Å². The lowest BCUT2D eigenvalue weighted by Gasteiger charge is -2.26. The molecule has 0 fully saturated rings. The van der Waals surface area contributed by atoms with Gasteiger partial charge in [-0.15, -0.1) is 0 Å². The van der Waals surface area contributed by atoms with Crippen molar-refractivity contribution in [1.29, 1.82) is 0 Å². The molecule has 0 amide bonds. The molecule has 0 aliphatic heterocycles. The summed E-state index contributed by atoms with van der Waals surface area (Å²) in [6.07, 6.45) is 3.39. The Hall–Kier alpha value is -4.18. The van der Waals surface area contributed by atoms with Crippen molar-refractivity contribution in [3.63, 3.8) is 0 Å². The van der Waals surface area contributed by atoms with Crippen LogP contribution in [-0.2, 0) is 41.9 Å². The Labute approximate surface area is 281 Å². The smallest absolute Gasteiger partial charge is 0.126 e. The van der Waals surface area contributed by atoms with Crippen molar-refractivity contribution in [3.8, 4) is 23.0 Å². The van der Waals surface area contributed by atoms with Crippen LogP contribution in [0, 0.1) is 0 Å². The molecule has 4 nitrogen and oxygen atoms in total. The van der Waals surface area contributed by atoms with Crippen molar-refractivity contribution >= 4 is 0 Å². The van der Waals surface area contributed by atoms with Crippen LogP contribution in [0.3, 0.4) is 0 Å². The van der Waals surface area contributed by atoms with E-state index in [4.69, 9.17) is 4.74 Å². The normalized spacial score (nSPS) is 13.7. The molecule has 0 radical (unpaired) electrons. The average molecular weight is 633 g/mol. The first-order valence-corrected chi connectivity index (χ1v) is 16.8. The molecule has 1 aliphatic rings. The van der Waals surface area contributed by atoms with Crippen LogP contribution in [0.4, 0.5) is 0 Å². The van der Waals surface area contributed by atoms with Crippen molar-refractivity contribution in [2.24, 2.45) is 0 Å². The van der Waals surface area contributed by atoms with Gasteiger partial charge in [0, 0.05) is 25.7 Å². The third-order valence-electron chi connectivity index (χ3n) is 9.45. The first-order valence-electron chi connectivity index (χ1n) is 16.8. The van der Waals surface area contributed by atoms with Crippen LogP contribution in [0.1, 0.15) is 124 Å². The second-order valence-corrected chi connectivity index (χ2v) is 16.4. The quantitative estimate of drug-likeness (QED) is 0.173. The van der Waals surface area contributed by atoms with Crippen LogP contribution < -0.4 is 4.74 Å². The monoisotopic (exact) mass is 632 g/mol. The molecule has 4 aromatic carbocycles. The summed E-state index contributed by atoms with van der Waals surface area (Å²) in [4.78, 5) is 0. The summed E-state index contributed by atoms with van der Waals surface area (Å²) in [5.74, 6) is 1.44. The van der Waals surface area contributed by atoms with Gasteiger partial charge in [0.05, 0.1) is 0 Å². The minimum Gasteiger partial charge on any atom is -0.507 e. The molecule has 0 spiro atoms. The molecule has 0 saturated heterocycles. The van der Waals surface area contributed by atoms with Gasteiger partial charge in [0.25, 0.3) is 0 Å². The second-order valence-electron chi connectivity index (χ2n) is 16.4. The third-order valence-corrected chi connectivity index (χ3v) is 9.45. The fourth-order valence-electron chi connectivity index (χ4n) is 6.45. The van der Waals surface area contributed by atoms with Crippen LogP contribution in [0.5, 0.6) is 23.0 Å². The Balaban J connectivity index is 1.86. The summed E-state index contributed by atoms with van der Waals surface area (Å²) in [6.45, 7) is 23.8. The van der Waals surface area contributed by atoms with Crippen LogP contribution in [0.15, 0.2) is 67.3 Å². The third kappa shape index (κ3) is 7.22. The van der Waals surface area contributed by atoms with E-state index in [0.29, 0.717) is 32.3 Å². The number of fused-ring (bicyclic) bond motifs is 8. The van der Waals surface area contributed by atoms with Crippen LogP contribution in [-0.4, -0.2) is 21.9 Å². The van der Waals surface area contributed by atoms with Crippen molar-refractivity contribution in [2.75, 3.05) is 6.61 Å². The number of phenols is 3. The number of hydrogen-bond donors (Lipinski definition) is 3. The van der Waals surface area contributed by atoms with Gasteiger partial charge in [0.2, 0.25) is 0 Å². The first-order chi connectivity index (χ1) is 21.9. The molecule has 248 valence electrons. The Morgan fingerprint density at radius 1 is 0.532 bits per heavy atom. The summed E-state index contributed by atoms with van der Waals surface area (Å²) in [5.41, 5.74) is 9.44. The summed E-state index contributed by atoms with van der Waals surface area (Å²) < 4.78 is 6.36. The number of para-hydroxylation sites is 1.